The number of halogens is 2. The highest BCUT2D eigenvalue weighted by Gasteiger charge is 2.25. The molecule has 2 heterocycles. The first kappa shape index (κ1) is 19.5. The van der Waals surface area contributed by atoms with Crippen LogP contribution in [0.25, 0.3) is 0 Å². The number of carbonyl (C=O) groups is 1. The Morgan fingerprint density at radius 2 is 1.92 bits per heavy atom. The van der Waals surface area contributed by atoms with Crippen molar-refractivity contribution in [1.82, 2.24) is 10.2 Å². The van der Waals surface area contributed by atoms with Crippen molar-refractivity contribution in [3.05, 3.63) is 59.3 Å². The quantitative estimate of drug-likeness (QED) is 0.866. The van der Waals surface area contributed by atoms with Gasteiger partial charge in [-0.1, -0.05) is 18.6 Å². The van der Waals surface area contributed by atoms with Gasteiger partial charge in [-0.05, 0) is 57.1 Å². The smallest absolute Gasteiger partial charge is 0.254 e. The topological polar surface area (TPSA) is 45.5 Å². The van der Waals surface area contributed by atoms with Crippen LogP contribution in [-0.4, -0.2) is 30.4 Å². The molecule has 0 spiro atoms. The summed E-state index contributed by atoms with van der Waals surface area (Å²) in [6.45, 7) is 4.29. The van der Waals surface area contributed by atoms with Crippen LogP contribution in [-0.2, 0) is 0 Å². The minimum atomic E-state index is -0.502. The summed E-state index contributed by atoms with van der Waals surface area (Å²) < 4.78 is 19.5. The van der Waals surface area contributed by atoms with Gasteiger partial charge in [0.1, 0.15) is 17.3 Å². The first-order valence-corrected chi connectivity index (χ1v) is 8.48. The molecule has 0 radical (unpaired) electrons. The molecule has 25 heavy (non-hydrogen) atoms. The number of benzene rings is 1. The Morgan fingerprint density at radius 3 is 2.56 bits per heavy atom. The van der Waals surface area contributed by atoms with Crippen LogP contribution in [0.15, 0.2) is 40.8 Å². The van der Waals surface area contributed by atoms with Crippen molar-refractivity contribution >= 4 is 18.3 Å². The summed E-state index contributed by atoms with van der Waals surface area (Å²) in [6.07, 6.45) is 3.54. The van der Waals surface area contributed by atoms with Crippen molar-refractivity contribution in [2.24, 2.45) is 0 Å². The predicted molar refractivity (Wildman–Crippen MR) is 97.6 cm³/mol. The predicted octanol–water partition coefficient (Wildman–Crippen LogP) is 4.11. The zero-order valence-electron chi connectivity index (χ0n) is 14.3. The maximum absolute atomic E-state index is 13.8. The molecule has 1 aliphatic heterocycles. The molecule has 1 aromatic carbocycles. The van der Waals surface area contributed by atoms with Crippen LogP contribution in [0.3, 0.4) is 0 Å². The van der Waals surface area contributed by atoms with Crippen LogP contribution in [0, 0.1) is 12.7 Å². The number of piperidine rings is 1. The number of nitrogens with one attached hydrogen (secondary N) is 1. The van der Waals surface area contributed by atoms with Gasteiger partial charge in [-0.2, -0.15) is 0 Å². The number of carbonyl (C=O) groups excluding carboxylic acids is 1. The minimum Gasteiger partial charge on any atom is -0.465 e. The van der Waals surface area contributed by atoms with Crippen molar-refractivity contribution in [2.75, 3.05) is 19.6 Å². The standard InChI is InChI=1S/C19H23FN2O2.ClH/c1-14-9-10-18(24-14)17(22-11-5-2-6-12-22)13-21-19(23)15-7-3-4-8-16(15)20;/h3-4,7-10,17H,2,5-6,11-13H2,1H3,(H,21,23);1H. The first-order chi connectivity index (χ1) is 11.6. The van der Waals surface area contributed by atoms with Gasteiger partial charge in [0, 0.05) is 6.54 Å². The number of nitrogens with zero attached hydrogens (tertiary/aromatic N) is 1. The molecule has 0 aliphatic carbocycles. The Hall–Kier alpha value is -1.85. The van der Waals surface area contributed by atoms with E-state index in [4.69, 9.17) is 4.42 Å². The van der Waals surface area contributed by atoms with Gasteiger partial charge < -0.3 is 9.73 Å². The fourth-order valence-corrected chi connectivity index (χ4v) is 3.20. The molecule has 4 nitrogen and oxygen atoms in total. The highest BCUT2D eigenvalue weighted by atomic mass is 35.5. The second-order valence-electron chi connectivity index (χ2n) is 6.25. The van der Waals surface area contributed by atoms with Crippen molar-refractivity contribution in [1.29, 1.82) is 0 Å². The van der Waals surface area contributed by atoms with E-state index in [1.807, 2.05) is 19.1 Å². The van der Waals surface area contributed by atoms with Gasteiger partial charge in [-0.3, -0.25) is 9.69 Å². The van der Waals surface area contributed by atoms with Crippen molar-refractivity contribution in [3.63, 3.8) is 0 Å². The van der Waals surface area contributed by atoms with Gasteiger partial charge in [0.15, 0.2) is 0 Å². The van der Waals surface area contributed by atoms with Crippen molar-refractivity contribution < 1.29 is 13.6 Å². The number of hydrogen-bond donors (Lipinski definition) is 1. The molecule has 136 valence electrons. The SMILES string of the molecule is Cc1ccc(C(CNC(=O)c2ccccc2F)N2CCCCC2)o1.Cl. The van der Waals surface area contributed by atoms with E-state index in [1.54, 1.807) is 12.1 Å². The van der Waals surface area contributed by atoms with Crippen LogP contribution in [0.4, 0.5) is 4.39 Å². The molecule has 1 fully saturated rings. The first-order valence-electron chi connectivity index (χ1n) is 8.48. The lowest BCUT2D eigenvalue weighted by Crippen LogP contribution is -2.40. The van der Waals surface area contributed by atoms with Crippen molar-refractivity contribution in [3.8, 4) is 0 Å². The molecule has 0 saturated carbocycles. The summed E-state index contributed by atoms with van der Waals surface area (Å²) in [5.74, 6) is 0.812. The Labute approximate surface area is 153 Å². The minimum absolute atomic E-state index is 0. The number of rotatable bonds is 5. The zero-order chi connectivity index (χ0) is 16.9. The number of aryl methyl sites for hydroxylation is 1. The molecular formula is C19H24ClFN2O2. The Bertz CT molecular complexity index is 698. The molecule has 0 bridgehead atoms. The van der Waals surface area contributed by atoms with Gasteiger partial charge in [-0.25, -0.2) is 4.39 Å². The van der Waals surface area contributed by atoms with Gasteiger partial charge in [0.05, 0.1) is 11.6 Å². The Morgan fingerprint density at radius 1 is 1.20 bits per heavy atom. The average Bonchev–Trinajstić information content (AvgIpc) is 3.02. The molecule has 1 unspecified atom stereocenters. The fraction of sp³-hybridized carbons (Fsp3) is 0.421. The lowest BCUT2D eigenvalue weighted by atomic mass is 10.1. The van der Waals surface area contributed by atoms with Gasteiger partial charge in [0.25, 0.3) is 5.91 Å². The third-order valence-electron chi connectivity index (χ3n) is 4.50. The fourth-order valence-electron chi connectivity index (χ4n) is 3.20. The van der Waals surface area contributed by atoms with Gasteiger partial charge in [-0.15, -0.1) is 12.4 Å². The summed E-state index contributed by atoms with van der Waals surface area (Å²) in [5.41, 5.74) is 0.0746. The third-order valence-corrected chi connectivity index (χ3v) is 4.50. The normalized spacial score (nSPS) is 16.1. The largest absolute Gasteiger partial charge is 0.465 e. The number of furan rings is 1. The molecule has 6 heteroatoms. The molecule has 3 rings (SSSR count). The van der Waals surface area contributed by atoms with Crippen LogP contribution < -0.4 is 5.32 Å². The molecule has 1 aliphatic rings. The van der Waals surface area contributed by atoms with Crippen LogP contribution in [0.5, 0.6) is 0 Å². The summed E-state index contributed by atoms with van der Waals surface area (Å²) in [5, 5.41) is 2.86. The van der Waals surface area contributed by atoms with Gasteiger partial charge in [0.2, 0.25) is 0 Å². The van der Waals surface area contributed by atoms with Crippen LogP contribution in [0.1, 0.15) is 47.2 Å². The number of amides is 1. The second-order valence-corrected chi connectivity index (χ2v) is 6.25. The van der Waals surface area contributed by atoms with Gasteiger partial charge >= 0.3 is 0 Å². The molecule has 2 aromatic rings. The summed E-state index contributed by atoms with van der Waals surface area (Å²) >= 11 is 0. The van der Waals surface area contributed by atoms with E-state index in [0.29, 0.717) is 6.54 Å². The van der Waals surface area contributed by atoms with E-state index >= 15 is 0 Å². The van der Waals surface area contributed by atoms with Crippen LogP contribution in [0.2, 0.25) is 0 Å². The van der Waals surface area contributed by atoms with Crippen LogP contribution >= 0.6 is 12.4 Å². The van der Waals surface area contributed by atoms with E-state index in [-0.39, 0.29) is 24.0 Å². The Kier molecular flexibility index (Phi) is 7.02. The maximum Gasteiger partial charge on any atom is 0.254 e. The molecule has 1 N–H and O–H groups in total. The lowest BCUT2D eigenvalue weighted by molar-refractivity contribution is 0.0910. The monoisotopic (exact) mass is 366 g/mol. The highest BCUT2D eigenvalue weighted by Crippen LogP contribution is 2.25. The van der Waals surface area contributed by atoms with E-state index in [0.717, 1.165) is 37.5 Å². The molecule has 1 aromatic heterocycles. The highest BCUT2D eigenvalue weighted by molar-refractivity contribution is 5.94. The Balaban J connectivity index is 0.00000225. The van der Waals surface area contributed by atoms with Crippen molar-refractivity contribution in [2.45, 2.75) is 32.2 Å². The number of likely N-dealkylation sites (tertiary alicyclic amines) is 1. The van der Waals surface area contributed by atoms with E-state index < -0.39 is 11.7 Å². The average molecular weight is 367 g/mol. The molecule has 1 saturated heterocycles. The summed E-state index contributed by atoms with van der Waals surface area (Å²) in [6, 6.07) is 9.92. The summed E-state index contributed by atoms with van der Waals surface area (Å²) in [7, 11) is 0. The zero-order valence-corrected chi connectivity index (χ0v) is 15.2. The number of hydrogen-bond acceptors (Lipinski definition) is 3. The molecular weight excluding hydrogens is 343 g/mol. The van der Waals surface area contributed by atoms with E-state index in [1.165, 1.54) is 18.6 Å². The van der Waals surface area contributed by atoms with E-state index in [9.17, 15) is 9.18 Å². The summed E-state index contributed by atoms with van der Waals surface area (Å²) in [4.78, 5) is 14.6. The maximum atomic E-state index is 13.8. The second kappa shape index (κ2) is 9.02. The third kappa shape index (κ3) is 4.83. The lowest BCUT2D eigenvalue weighted by Gasteiger charge is -2.33. The molecule has 1 atom stereocenters. The molecule has 1 amide bonds. The van der Waals surface area contributed by atoms with E-state index in [2.05, 4.69) is 10.2 Å².